The monoisotopic (exact) mass is 406 g/mol. The van der Waals surface area contributed by atoms with E-state index in [2.05, 4.69) is 10.0 Å². The summed E-state index contributed by atoms with van der Waals surface area (Å²) in [5, 5.41) is 3.27. The molecule has 0 aliphatic heterocycles. The molecule has 0 radical (unpaired) electrons. The highest BCUT2D eigenvalue weighted by molar-refractivity contribution is 7.89. The van der Waals surface area contributed by atoms with Gasteiger partial charge >= 0.3 is 0 Å². The lowest BCUT2D eigenvalue weighted by atomic mass is 10.2. The van der Waals surface area contributed by atoms with Gasteiger partial charge in [0, 0.05) is 17.1 Å². The Morgan fingerprint density at radius 2 is 1.89 bits per heavy atom. The van der Waals surface area contributed by atoms with Crippen molar-refractivity contribution in [2.75, 3.05) is 12.4 Å². The predicted octanol–water partition coefficient (Wildman–Crippen LogP) is 3.44. The maximum Gasteiger partial charge on any atom is 0.248 e. The zero-order chi connectivity index (χ0) is 19.4. The largest absolute Gasteiger partial charge is 0.495 e. The number of anilines is 1. The Labute approximate surface area is 163 Å². The molecule has 1 fully saturated rings. The first kappa shape index (κ1) is 19.4. The van der Waals surface area contributed by atoms with Crippen LogP contribution in [0, 0.1) is 0 Å². The van der Waals surface area contributed by atoms with Gasteiger partial charge in [-0.25, -0.2) is 13.1 Å². The van der Waals surface area contributed by atoms with Gasteiger partial charge in [-0.2, -0.15) is 0 Å². The molecule has 1 aliphatic carbocycles. The van der Waals surface area contributed by atoms with Crippen LogP contribution in [0.15, 0.2) is 53.4 Å². The van der Waals surface area contributed by atoms with Crippen molar-refractivity contribution < 1.29 is 17.9 Å². The second-order valence-corrected chi connectivity index (χ2v) is 8.28. The Bertz CT molecular complexity index is 968. The SMILES string of the molecule is COc1ccc(S(=O)(=O)NC2CC2)cc1NC(=O)/C=C/c1ccc(Cl)cc1. The van der Waals surface area contributed by atoms with Gasteiger partial charge in [0.15, 0.2) is 0 Å². The molecule has 2 N–H and O–H groups in total. The molecule has 27 heavy (non-hydrogen) atoms. The third kappa shape index (κ3) is 5.32. The minimum Gasteiger partial charge on any atom is -0.495 e. The van der Waals surface area contributed by atoms with Gasteiger partial charge in [-0.1, -0.05) is 23.7 Å². The van der Waals surface area contributed by atoms with E-state index >= 15 is 0 Å². The lowest BCUT2D eigenvalue weighted by Gasteiger charge is -2.12. The number of rotatable bonds is 7. The van der Waals surface area contributed by atoms with Crippen LogP contribution in [0.25, 0.3) is 6.08 Å². The smallest absolute Gasteiger partial charge is 0.248 e. The molecule has 0 heterocycles. The summed E-state index contributed by atoms with van der Waals surface area (Å²) in [6, 6.07) is 11.4. The van der Waals surface area contributed by atoms with Crippen LogP contribution in [0.3, 0.4) is 0 Å². The highest BCUT2D eigenvalue weighted by Gasteiger charge is 2.28. The molecule has 2 aromatic rings. The average Bonchev–Trinajstić information content (AvgIpc) is 3.44. The number of hydrogen-bond acceptors (Lipinski definition) is 4. The molecule has 0 spiro atoms. The third-order valence-corrected chi connectivity index (χ3v) is 5.71. The molecular formula is C19H19ClN2O4S. The molecule has 8 heteroatoms. The summed E-state index contributed by atoms with van der Waals surface area (Å²) < 4.78 is 32.6. The number of ether oxygens (including phenoxy) is 1. The van der Waals surface area contributed by atoms with Crippen molar-refractivity contribution in [3.63, 3.8) is 0 Å². The van der Waals surface area contributed by atoms with Gasteiger partial charge in [-0.15, -0.1) is 0 Å². The van der Waals surface area contributed by atoms with Gasteiger partial charge in [0.05, 0.1) is 17.7 Å². The van der Waals surface area contributed by atoms with Crippen LogP contribution in [0.1, 0.15) is 18.4 Å². The summed E-state index contributed by atoms with van der Waals surface area (Å²) in [6.07, 6.45) is 4.67. The van der Waals surface area contributed by atoms with Gasteiger partial charge in [0.1, 0.15) is 5.75 Å². The van der Waals surface area contributed by atoms with Crippen molar-refractivity contribution in [3.8, 4) is 5.75 Å². The van der Waals surface area contributed by atoms with Crippen molar-refractivity contribution in [1.82, 2.24) is 4.72 Å². The topological polar surface area (TPSA) is 84.5 Å². The number of sulfonamides is 1. The van der Waals surface area contributed by atoms with Crippen LogP contribution in [0.4, 0.5) is 5.69 Å². The molecular weight excluding hydrogens is 388 g/mol. The molecule has 0 bridgehead atoms. The van der Waals surface area contributed by atoms with E-state index in [4.69, 9.17) is 16.3 Å². The van der Waals surface area contributed by atoms with Crippen molar-refractivity contribution in [2.45, 2.75) is 23.8 Å². The zero-order valence-electron chi connectivity index (χ0n) is 14.6. The van der Waals surface area contributed by atoms with Crippen molar-refractivity contribution >= 4 is 39.3 Å². The maximum absolute atomic E-state index is 12.4. The molecule has 142 valence electrons. The van der Waals surface area contributed by atoms with Crippen LogP contribution in [0.5, 0.6) is 5.75 Å². The third-order valence-electron chi connectivity index (χ3n) is 3.94. The Kier molecular flexibility index (Phi) is 5.84. The molecule has 0 saturated heterocycles. The van der Waals surface area contributed by atoms with Crippen LogP contribution in [0.2, 0.25) is 5.02 Å². The summed E-state index contributed by atoms with van der Waals surface area (Å²) in [7, 11) is -2.18. The quantitative estimate of drug-likeness (QED) is 0.690. The fraction of sp³-hybridized carbons (Fsp3) is 0.211. The Morgan fingerprint density at radius 1 is 1.19 bits per heavy atom. The number of carbonyl (C=O) groups excluding carboxylic acids is 1. The van der Waals surface area contributed by atoms with Gasteiger partial charge in [-0.05, 0) is 54.8 Å². The first-order chi connectivity index (χ1) is 12.9. The van der Waals surface area contributed by atoms with E-state index in [1.54, 1.807) is 30.3 Å². The molecule has 6 nitrogen and oxygen atoms in total. The molecule has 3 rings (SSSR count). The van der Waals surface area contributed by atoms with E-state index in [1.165, 1.54) is 31.4 Å². The molecule has 0 unspecified atom stereocenters. The number of nitrogens with one attached hydrogen (secondary N) is 2. The van der Waals surface area contributed by atoms with Crippen molar-refractivity contribution in [2.24, 2.45) is 0 Å². The van der Waals surface area contributed by atoms with Gasteiger partial charge in [-0.3, -0.25) is 4.79 Å². The average molecular weight is 407 g/mol. The number of amides is 1. The lowest BCUT2D eigenvalue weighted by Crippen LogP contribution is -2.25. The normalized spacial score (nSPS) is 14.3. The highest BCUT2D eigenvalue weighted by Crippen LogP contribution is 2.29. The van der Waals surface area contributed by atoms with Crippen molar-refractivity contribution in [3.05, 3.63) is 59.1 Å². The number of methoxy groups -OCH3 is 1. The first-order valence-corrected chi connectivity index (χ1v) is 10.2. The Morgan fingerprint density at radius 3 is 2.52 bits per heavy atom. The molecule has 0 aromatic heterocycles. The first-order valence-electron chi connectivity index (χ1n) is 8.32. The number of benzene rings is 2. The summed E-state index contributed by atoms with van der Waals surface area (Å²) >= 11 is 5.83. The minimum atomic E-state index is -3.63. The minimum absolute atomic E-state index is 0.00236. The van der Waals surface area contributed by atoms with Crippen molar-refractivity contribution in [1.29, 1.82) is 0 Å². The standard InChI is InChI=1S/C19H19ClN2O4S/c1-26-18-10-9-16(27(24,25)22-15-7-8-15)12-17(18)21-19(23)11-4-13-2-5-14(20)6-3-13/h2-6,9-12,15,22H,7-8H2,1H3,(H,21,23)/b11-4+. The fourth-order valence-electron chi connectivity index (χ4n) is 2.36. The molecule has 1 amide bonds. The Balaban J connectivity index is 1.76. The second kappa shape index (κ2) is 8.12. The summed E-state index contributed by atoms with van der Waals surface area (Å²) in [5.41, 5.74) is 1.09. The van der Waals surface area contributed by atoms with E-state index in [0.29, 0.717) is 10.8 Å². The second-order valence-electron chi connectivity index (χ2n) is 6.13. The van der Waals surface area contributed by atoms with E-state index in [9.17, 15) is 13.2 Å². The predicted molar refractivity (Wildman–Crippen MR) is 105 cm³/mol. The summed E-state index contributed by atoms with van der Waals surface area (Å²) in [6.45, 7) is 0. The maximum atomic E-state index is 12.4. The zero-order valence-corrected chi connectivity index (χ0v) is 16.2. The van der Waals surface area contributed by atoms with Crippen LogP contribution in [-0.2, 0) is 14.8 Å². The van der Waals surface area contributed by atoms with Crippen LogP contribution >= 0.6 is 11.6 Å². The lowest BCUT2D eigenvalue weighted by molar-refractivity contribution is -0.111. The summed E-state index contributed by atoms with van der Waals surface area (Å²) in [5.74, 6) is -0.0402. The van der Waals surface area contributed by atoms with E-state index in [1.807, 2.05) is 0 Å². The fourth-order valence-corrected chi connectivity index (χ4v) is 3.82. The van der Waals surface area contributed by atoms with E-state index in [-0.39, 0.29) is 16.6 Å². The molecule has 2 aromatic carbocycles. The molecule has 0 atom stereocenters. The Hall–Kier alpha value is -2.35. The molecule has 1 aliphatic rings. The van der Waals surface area contributed by atoms with Gasteiger partial charge in [0.25, 0.3) is 0 Å². The van der Waals surface area contributed by atoms with Gasteiger partial charge in [0.2, 0.25) is 15.9 Å². The highest BCUT2D eigenvalue weighted by atomic mass is 35.5. The van der Waals surface area contributed by atoms with E-state index in [0.717, 1.165) is 18.4 Å². The number of hydrogen-bond donors (Lipinski definition) is 2. The van der Waals surface area contributed by atoms with Crippen LogP contribution in [-0.4, -0.2) is 27.5 Å². The summed E-state index contributed by atoms with van der Waals surface area (Å²) in [4.78, 5) is 12.3. The number of halogens is 1. The van der Waals surface area contributed by atoms with E-state index < -0.39 is 15.9 Å². The van der Waals surface area contributed by atoms with Gasteiger partial charge < -0.3 is 10.1 Å². The van der Waals surface area contributed by atoms with Crippen LogP contribution < -0.4 is 14.8 Å². The molecule has 1 saturated carbocycles. The number of carbonyl (C=O) groups is 1.